The summed E-state index contributed by atoms with van der Waals surface area (Å²) in [6, 6.07) is 8.30. The number of hydrogen-bond acceptors (Lipinski definition) is 22. The molecule has 3 saturated heterocycles. The first-order chi connectivity index (χ1) is 29.7. The lowest BCUT2D eigenvalue weighted by Crippen LogP contribution is -2.66. The number of benzene rings is 3. The number of methoxy groups -OCH3 is 2. The average molecular weight is 879 g/mol. The monoisotopic (exact) mass is 878 g/mol. The van der Waals surface area contributed by atoms with Crippen molar-refractivity contribution in [1.82, 2.24) is 0 Å². The maximum Gasteiger partial charge on any atom is 0.339 e. The van der Waals surface area contributed by atoms with Crippen LogP contribution in [0.2, 0.25) is 0 Å². The van der Waals surface area contributed by atoms with Crippen molar-refractivity contribution in [1.29, 1.82) is 0 Å². The smallest absolute Gasteiger partial charge is 0.339 e. The number of esters is 2. The van der Waals surface area contributed by atoms with Crippen molar-refractivity contribution in [3.63, 3.8) is 0 Å². The van der Waals surface area contributed by atoms with E-state index < -0.39 is 118 Å². The summed E-state index contributed by atoms with van der Waals surface area (Å²) in [4.78, 5) is 26.3. The lowest BCUT2D eigenvalue weighted by Gasteiger charge is -2.47. The minimum atomic E-state index is -1.99. The number of aliphatic hydroxyl groups excluding tert-OH is 8. The Morgan fingerprint density at radius 1 is 0.742 bits per heavy atom. The summed E-state index contributed by atoms with van der Waals surface area (Å²) in [5, 5.41) is 85.5. The average Bonchev–Trinajstić information content (AvgIpc) is 3.90. The number of rotatable bonds is 12. The van der Waals surface area contributed by atoms with Crippen LogP contribution in [-0.2, 0) is 44.6 Å². The van der Waals surface area contributed by atoms with E-state index >= 15 is 0 Å². The van der Waals surface area contributed by atoms with Crippen molar-refractivity contribution in [2.24, 2.45) is 0 Å². The Morgan fingerprint density at radius 2 is 1.44 bits per heavy atom. The van der Waals surface area contributed by atoms with Crippen LogP contribution < -0.4 is 23.7 Å². The number of aliphatic hydroxyl groups is 8. The molecule has 62 heavy (non-hydrogen) atoms. The van der Waals surface area contributed by atoms with Gasteiger partial charge in [-0.3, -0.25) is 4.79 Å². The summed E-state index contributed by atoms with van der Waals surface area (Å²) in [5.74, 6) is -0.256. The first-order valence-corrected chi connectivity index (χ1v) is 19.5. The molecule has 0 amide bonds. The lowest BCUT2D eigenvalue weighted by molar-refractivity contribution is -0.357. The summed E-state index contributed by atoms with van der Waals surface area (Å²) in [5.41, 5.74) is 1.23. The highest BCUT2D eigenvalue weighted by Crippen LogP contribution is 2.50. The second kappa shape index (κ2) is 17.8. The molecule has 3 aromatic rings. The molecule has 22 nitrogen and oxygen atoms in total. The lowest BCUT2D eigenvalue weighted by atomic mass is 9.89. The van der Waals surface area contributed by atoms with E-state index in [9.17, 15) is 50.4 Å². The quantitative estimate of drug-likeness (QED) is 0.0909. The summed E-state index contributed by atoms with van der Waals surface area (Å²) < 4.78 is 69.2. The minimum absolute atomic E-state index is 0.00796. The second-order valence-electron chi connectivity index (χ2n) is 15.1. The van der Waals surface area contributed by atoms with Crippen LogP contribution in [0.4, 0.5) is 0 Å². The Labute approximate surface area is 351 Å². The molecule has 5 aliphatic heterocycles. The molecule has 5 heterocycles. The van der Waals surface area contributed by atoms with Crippen molar-refractivity contribution < 1.29 is 107 Å². The van der Waals surface area contributed by atoms with Crippen molar-refractivity contribution in [2.45, 2.75) is 99.5 Å². The van der Waals surface area contributed by atoms with Gasteiger partial charge in [-0.25, -0.2) is 4.79 Å². The number of fused-ring (bicyclic) bond motifs is 3. The van der Waals surface area contributed by atoms with E-state index in [-0.39, 0.29) is 41.8 Å². The van der Waals surface area contributed by atoms with Crippen LogP contribution in [0.5, 0.6) is 28.7 Å². The van der Waals surface area contributed by atoms with E-state index in [0.717, 1.165) is 6.92 Å². The zero-order chi connectivity index (χ0) is 44.1. The van der Waals surface area contributed by atoms with E-state index in [0.29, 0.717) is 33.4 Å². The van der Waals surface area contributed by atoms with Crippen LogP contribution in [0.3, 0.4) is 0 Å². The molecule has 0 radical (unpaired) electrons. The van der Waals surface area contributed by atoms with E-state index in [1.165, 1.54) is 14.2 Å². The summed E-state index contributed by atoms with van der Waals surface area (Å²) in [7, 11) is 2.83. The molecule has 0 spiro atoms. The molecule has 0 saturated carbocycles. The Balaban J connectivity index is 1.23. The molecule has 0 aromatic heterocycles. The molecular formula is C40H46O22. The predicted octanol–water partition coefficient (Wildman–Crippen LogP) is -2.04. The fourth-order valence-electron chi connectivity index (χ4n) is 8.08. The summed E-state index contributed by atoms with van der Waals surface area (Å²) in [6.07, 6.45) is -24.2. The molecular weight excluding hydrogens is 832 g/mol. The molecule has 14 unspecified atom stereocenters. The highest BCUT2D eigenvalue weighted by molar-refractivity contribution is 6.14. The Hall–Kier alpha value is -4.66. The molecule has 22 heteroatoms. The number of cyclic esters (lactones) is 1. The maximum atomic E-state index is 13.7. The first kappa shape index (κ1) is 44.0. The van der Waals surface area contributed by atoms with E-state index in [1.54, 1.807) is 30.3 Å². The van der Waals surface area contributed by atoms with Gasteiger partial charge >= 0.3 is 11.9 Å². The zero-order valence-electron chi connectivity index (χ0n) is 33.3. The minimum Gasteiger partial charge on any atom is -0.493 e. The van der Waals surface area contributed by atoms with Crippen molar-refractivity contribution in [3.05, 3.63) is 41.5 Å². The molecule has 3 fully saturated rings. The Morgan fingerprint density at radius 3 is 2.15 bits per heavy atom. The highest BCUT2D eigenvalue weighted by Gasteiger charge is 2.54. The van der Waals surface area contributed by atoms with Gasteiger partial charge in [0.25, 0.3) is 0 Å². The van der Waals surface area contributed by atoms with Crippen LogP contribution >= 0.6 is 0 Å². The number of ether oxygens (including phenoxy) is 12. The maximum absolute atomic E-state index is 13.7. The van der Waals surface area contributed by atoms with Gasteiger partial charge in [-0.05, 0) is 35.2 Å². The normalized spacial score (nSPS) is 34.1. The van der Waals surface area contributed by atoms with E-state index in [1.807, 2.05) is 0 Å². The molecule has 8 N–H and O–H groups in total. The third kappa shape index (κ3) is 7.95. The van der Waals surface area contributed by atoms with Gasteiger partial charge in [0.05, 0.1) is 39.6 Å². The first-order valence-electron chi connectivity index (χ1n) is 19.5. The molecule has 5 aliphatic rings. The van der Waals surface area contributed by atoms with E-state index in [4.69, 9.17) is 56.8 Å². The Bertz CT molecular complexity index is 2150. The summed E-state index contributed by atoms with van der Waals surface area (Å²) >= 11 is 0. The summed E-state index contributed by atoms with van der Waals surface area (Å²) in [6.45, 7) is -1.17. The van der Waals surface area contributed by atoms with Crippen molar-refractivity contribution in [3.8, 4) is 39.9 Å². The van der Waals surface area contributed by atoms with Gasteiger partial charge in [0.2, 0.25) is 13.1 Å². The molecule has 338 valence electrons. The third-order valence-corrected chi connectivity index (χ3v) is 11.2. The van der Waals surface area contributed by atoms with Gasteiger partial charge < -0.3 is 97.7 Å². The Kier molecular flexibility index (Phi) is 12.7. The van der Waals surface area contributed by atoms with Crippen molar-refractivity contribution >= 4 is 22.7 Å². The number of hydrogen-bond donors (Lipinski definition) is 8. The topological polar surface area (TPSA) is 307 Å². The zero-order valence-corrected chi connectivity index (χ0v) is 33.3. The fourth-order valence-corrected chi connectivity index (χ4v) is 8.08. The van der Waals surface area contributed by atoms with Crippen LogP contribution in [0.25, 0.3) is 21.9 Å². The molecule has 0 bridgehead atoms. The van der Waals surface area contributed by atoms with Gasteiger partial charge in [-0.1, -0.05) is 6.07 Å². The SMILES string of the molecule is COc1cc2c(OC3OC(COC4OCC(O)C(O)C4O)C(OC(C)=O)C(OC4OC(CO)C(O)C(O)C4O)C3O)c3c(c(-c4ccc5c(c4)OCO5)c2cc1OC)C(=O)OC3. The highest BCUT2D eigenvalue weighted by atomic mass is 16.8. The standard InChI is InChI=1S/C40H46O22/c1-14(42)58-35-25(12-55-38-31(47)28(44)19(43)11-54-38)60-40(33(49)36(35)62-39-32(48)30(46)29(45)24(9-41)59-39)61-34-17-8-22(52-3)21(51-2)7-16(17)26(27-18(34)10-53-37(27)50)15-4-5-20-23(6-15)57-13-56-20/h4-8,19,24-25,28-33,35-36,38-41,43-49H,9-13H2,1-3H3. The van der Waals surface area contributed by atoms with Gasteiger partial charge in [0, 0.05) is 23.4 Å². The van der Waals surface area contributed by atoms with Crippen molar-refractivity contribution in [2.75, 3.05) is 40.8 Å². The van der Waals surface area contributed by atoms with Crippen LogP contribution in [0.15, 0.2) is 30.3 Å². The van der Waals surface area contributed by atoms with Crippen LogP contribution in [-0.4, -0.2) is 180 Å². The van der Waals surface area contributed by atoms with Gasteiger partial charge in [-0.2, -0.15) is 0 Å². The van der Waals surface area contributed by atoms with Gasteiger partial charge in [0.1, 0.15) is 73.4 Å². The molecule has 0 aliphatic carbocycles. The molecule has 14 atom stereocenters. The largest absolute Gasteiger partial charge is 0.493 e. The van der Waals surface area contributed by atoms with Crippen LogP contribution in [0.1, 0.15) is 22.8 Å². The number of carbonyl (C=O) groups is 2. The number of carbonyl (C=O) groups excluding carboxylic acids is 2. The fraction of sp³-hybridized carbons (Fsp3) is 0.550. The van der Waals surface area contributed by atoms with Gasteiger partial charge in [-0.15, -0.1) is 0 Å². The molecule has 3 aromatic carbocycles. The van der Waals surface area contributed by atoms with E-state index in [2.05, 4.69) is 0 Å². The molecule has 8 rings (SSSR count). The predicted molar refractivity (Wildman–Crippen MR) is 201 cm³/mol. The van der Waals surface area contributed by atoms with Gasteiger partial charge in [0.15, 0.2) is 41.7 Å². The third-order valence-electron chi connectivity index (χ3n) is 11.2. The second-order valence-corrected chi connectivity index (χ2v) is 15.1. The van der Waals surface area contributed by atoms with Crippen LogP contribution in [0, 0.1) is 0 Å².